The highest BCUT2D eigenvalue weighted by Crippen LogP contribution is 2.39. The number of benzene rings is 1. The minimum absolute atomic E-state index is 0.370. The van der Waals surface area contributed by atoms with Gasteiger partial charge in [0.25, 0.3) is 0 Å². The number of rotatable bonds is 3. The fourth-order valence-corrected chi connectivity index (χ4v) is 3.43. The number of amides is 1. The second-order valence-corrected chi connectivity index (χ2v) is 6.15. The maximum absolute atomic E-state index is 12.4. The van der Waals surface area contributed by atoms with Crippen LogP contribution in [0.1, 0.15) is 5.56 Å². The summed E-state index contributed by atoms with van der Waals surface area (Å²) in [7, 11) is 0. The average molecular weight is 351 g/mol. The molecule has 2 aliphatic heterocycles. The van der Waals surface area contributed by atoms with Gasteiger partial charge in [0.1, 0.15) is 0 Å². The van der Waals surface area contributed by atoms with Gasteiger partial charge >= 0.3 is 0 Å². The van der Waals surface area contributed by atoms with E-state index in [-0.39, 0.29) is 5.91 Å². The van der Waals surface area contributed by atoms with Crippen LogP contribution in [0.3, 0.4) is 0 Å². The molecule has 2 heterocycles. The molecule has 2 bridgehead atoms. The second-order valence-electron chi connectivity index (χ2n) is 5.29. The molecule has 0 saturated carbocycles. The fraction of sp³-hybridized carbons (Fsp3) is 0.333. The van der Waals surface area contributed by atoms with Crippen molar-refractivity contribution >= 4 is 33.5 Å². The molecule has 1 saturated heterocycles. The molecule has 5 nitrogen and oxygen atoms in total. The summed E-state index contributed by atoms with van der Waals surface area (Å²) in [4.78, 5) is 23.7. The molecule has 0 unspecified atom stereocenters. The number of carbonyl (C=O) groups is 2. The number of aliphatic carboxylic acids is 1. The Morgan fingerprint density at radius 2 is 1.90 bits per heavy atom. The molecule has 1 aromatic rings. The highest BCUT2D eigenvalue weighted by molar-refractivity contribution is 9.10. The summed E-state index contributed by atoms with van der Waals surface area (Å²) in [6, 6.07) is 5.52. The van der Waals surface area contributed by atoms with Gasteiger partial charge in [-0.1, -0.05) is 18.2 Å². The summed E-state index contributed by atoms with van der Waals surface area (Å²) in [5.41, 5.74) is 1.66. The van der Waals surface area contributed by atoms with Gasteiger partial charge in [0.05, 0.1) is 23.8 Å². The van der Waals surface area contributed by atoms with Crippen molar-refractivity contribution in [1.82, 2.24) is 0 Å². The summed E-state index contributed by atoms with van der Waals surface area (Å²) >= 11 is 3.38. The normalized spacial score (nSPS) is 29.6. The van der Waals surface area contributed by atoms with Crippen molar-refractivity contribution in [2.75, 3.05) is 5.32 Å². The molecule has 1 amide bonds. The number of ether oxygens (including phenoxy) is 1. The van der Waals surface area contributed by atoms with E-state index in [1.807, 2.05) is 19.1 Å². The van der Waals surface area contributed by atoms with Crippen molar-refractivity contribution in [3.8, 4) is 0 Å². The van der Waals surface area contributed by atoms with Crippen molar-refractivity contribution < 1.29 is 19.4 Å². The minimum Gasteiger partial charge on any atom is -0.550 e. The zero-order valence-corrected chi connectivity index (χ0v) is 12.8. The van der Waals surface area contributed by atoms with Crippen molar-refractivity contribution in [3.05, 3.63) is 40.4 Å². The number of nitrogens with one attached hydrogen (secondary N) is 1. The summed E-state index contributed by atoms with van der Waals surface area (Å²) in [5, 5.41) is 14.0. The predicted molar refractivity (Wildman–Crippen MR) is 77.3 cm³/mol. The molecule has 21 heavy (non-hydrogen) atoms. The molecule has 1 fully saturated rings. The highest BCUT2D eigenvalue weighted by atomic mass is 79.9. The molecular weight excluding hydrogens is 338 g/mol. The molecule has 2 aliphatic rings. The smallest absolute Gasteiger partial charge is 0.231 e. The zero-order chi connectivity index (χ0) is 15.1. The van der Waals surface area contributed by atoms with Gasteiger partial charge in [0.2, 0.25) is 5.91 Å². The first-order valence-electron chi connectivity index (χ1n) is 6.59. The third kappa shape index (κ3) is 2.49. The number of halogens is 1. The number of carboxylic acid groups (broad SMARTS) is 1. The summed E-state index contributed by atoms with van der Waals surface area (Å²) in [6.45, 7) is 1.94. The lowest BCUT2D eigenvalue weighted by Gasteiger charge is -2.25. The van der Waals surface area contributed by atoms with Crippen LogP contribution in [0.4, 0.5) is 5.69 Å². The molecule has 1 aromatic carbocycles. The van der Waals surface area contributed by atoms with Crippen LogP contribution in [0.15, 0.2) is 34.8 Å². The van der Waals surface area contributed by atoms with Gasteiger partial charge in [-0.15, -0.1) is 0 Å². The summed E-state index contributed by atoms with van der Waals surface area (Å²) in [6.07, 6.45) is 2.34. The van der Waals surface area contributed by atoms with Crippen molar-refractivity contribution in [2.45, 2.75) is 19.1 Å². The average Bonchev–Trinajstić information content (AvgIpc) is 3.02. The number of carbonyl (C=O) groups excluding carboxylic acids is 2. The lowest BCUT2D eigenvalue weighted by Crippen LogP contribution is -2.45. The van der Waals surface area contributed by atoms with E-state index in [9.17, 15) is 14.7 Å². The largest absolute Gasteiger partial charge is 0.550 e. The molecule has 6 heteroatoms. The topological polar surface area (TPSA) is 78.5 Å². The molecule has 1 N–H and O–H groups in total. The zero-order valence-electron chi connectivity index (χ0n) is 11.2. The van der Waals surface area contributed by atoms with Gasteiger partial charge < -0.3 is 20.0 Å². The molecule has 3 rings (SSSR count). The fourth-order valence-electron chi connectivity index (χ4n) is 2.84. The predicted octanol–water partition coefficient (Wildman–Crippen LogP) is 1.02. The number of hydrogen-bond donors (Lipinski definition) is 1. The number of fused-ring (bicyclic) bond motifs is 2. The van der Waals surface area contributed by atoms with E-state index < -0.39 is 30.0 Å². The Morgan fingerprint density at radius 3 is 2.52 bits per heavy atom. The van der Waals surface area contributed by atoms with Crippen LogP contribution in [0.25, 0.3) is 0 Å². The van der Waals surface area contributed by atoms with Crippen LogP contribution < -0.4 is 10.4 Å². The molecule has 0 aliphatic carbocycles. The maximum atomic E-state index is 12.4. The van der Waals surface area contributed by atoms with E-state index in [1.165, 1.54) is 0 Å². The van der Waals surface area contributed by atoms with E-state index in [4.69, 9.17) is 4.74 Å². The van der Waals surface area contributed by atoms with Crippen molar-refractivity contribution in [1.29, 1.82) is 0 Å². The third-order valence-corrected chi connectivity index (χ3v) is 4.51. The monoisotopic (exact) mass is 350 g/mol. The van der Waals surface area contributed by atoms with Gasteiger partial charge in [-0.3, -0.25) is 4.79 Å². The quantitative estimate of drug-likeness (QED) is 0.825. The Hall–Kier alpha value is -1.66. The van der Waals surface area contributed by atoms with E-state index in [0.717, 1.165) is 10.0 Å². The molecular formula is C15H13BrNO4-. The van der Waals surface area contributed by atoms with Crippen LogP contribution in [0.2, 0.25) is 0 Å². The lowest BCUT2D eigenvalue weighted by molar-refractivity contribution is -0.313. The Kier molecular flexibility index (Phi) is 3.59. The minimum atomic E-state index is -1.25. The Bertz CT molecular complexity index is 643. The number of anilines is 1. The van der Waals surface area contributed by atoms with E-state index in [0.29, 0.717) is 5.69 Å². The molecule has 0 spiro atoms. The Morgan fingerprint density at radius 1 is 1.24 bits per heavy atom. The van der Waals surface area contributed by atoms with Crippen LogP contribution >= 0.6 is 15.9 Å². The van der Waals surface area contributed by atoms with E-state index >= 15 is 0 Å². The van der Waals surface area contributed by atoms with Crippen molar-refractivity contribution in [3.63, 3.8) is 0 Å². The van der Waals surface area contributed by atoms with Gasteiger partial charge in [-0.25, -0.2) is 0 Å². The number of hydrogen-bond acceptors (Lipinski definition) is 4. The molecule has 110 valence electrons. The standard InChI is InChI=1S/C15H14BrNO4/c1-7-2-3-9(8(16)6-7)17-14(18)12-10-4-5-11(21-10)13(12)15(19)20/h2-6,10-13H,1H3,(H,17,18)(H,19,20)/p-1/t10-,11+,12+,13+/m1/s1. The van der Waals surface area contributed by atoms with Gasteiger partial charge in [-0.05, 0) is 40.5 Å². The number of carboxylic acids is 1. The SMILES string of the molecule is Cc1ccc(NC(=O)[C@@H]2[C@@H](C(=O)[O-])[C@@H]3C=C[C@H]2O3)c(Br)c1. The van der Waals surface area contributed by atoms with E-state index in [1.54, 1.807) is 18.2 Å². The van der Waals surface area contributed by atoms with Gasteiger partial charge in [0.15, 0.2) is 0 Å². The van der Waals surface area contributed by atoms with Gasteiger partial charge in [0, 0.05) is 16.4 Å². The highest BCUT2D eigenvalue weighted by Gasteiger charge is 2.50. The lowest BCUT2D eigenvalue weighted by atomic mass is 9.82. The number of aryl methyl sites for hydroxylation is 1. The van der Waals surface area contributed by atoms with Crippen LogP contribution in [0, 0.1) is 18.8 Å². The molecule has 0 aromatic heterocycles. The van der Waals surface area contributed by atoms with Crippen LogP contribution in [0.5, 0.6) is 0 Å². The molecule has 4 atom stereocenters. The first kappa shape index (κ1) is 14.3. The van der Waals surface area contributed by atoms with Crippen LogP contribution in [-0.2, 0) is 14.3 Å². The third-order valence-electron chi connectivity index (χ3n) is 3.86. The summed E-state index contributed by atoms with van der Waals surface area (Å²) in [5.74, 6) is -3.33. The van der Waals surface area contributed by atoms with Gasteiger partial charge in [-0.2, -0.15) is 0 Å². The first-order chi connectivity index (χ1) is 9.97. The Labute approximate surface area is 130 Å². The summed E-state index contributed by atoms with van der Waals surface area (Å²) < 4.78 is 6.21. The molecule has 0 radical (unpaired) electrons. The second kappa shape index (κ2) is 5.27. The van der Waals surface area contributed by atoms with Crippen molar-refractivity contribution in [2.24, 2.45) is 11.8 Å². The van der Waals surface area contributed by atoms with E-state index in [2.05, 4.69) is 21.2 Å². The Balaban J connectivity index is 1.82. The first-order valence-corrected chi connectivity index (χ1v) is 7.38. The maximum Gasteiger partial charge on any atom is 0.231 e. The van der Waals surface area contributed by atoms with Crippen LogP contribution in [-0.4, -0.2) is 24.1 Å².